The standard InChI is InChI=1S/C53H34N2O2/c1-53(2)42-22-11-20-36(50(42)40-26-32-15-6-7-16-33(32)27-43(40)53)34-17-10-18-35(25-34)44-30-45(55-52(54-44)31-13-4-3-5-14-31)38-21-12-24-47-51(38)41-29-48-39(28-49(41)57-47)37-19-8-9-23-46(37)56-48/h3-30H,1-2H3. The van der Waals surface area contributed by atoms with E-state index in [4.69, 9.17) is 18.8 Å². The topological polar surface area (TPSA) is 52.1 Å². The first-order chi connectivity index (χ1) is 28.0. The van der Waals surface area contributed by atoms with Crippen molar-refractivity contribution in [3.63, 3.8) is 0 Å². The van der Waals surface area contributed by atoms with E-state index < -0.39 is 0 Å². The first-order valence-corrected chi connectivity index (χ1v) is 19.5. The van der Waals surface area contributed by atoms with Crippen LogP contribution in [0.1, 0.15) is 25.0 Å². The Bertz CT molecular complexity index is 3440. The second-order valence-electron chi connectivity index (χ2n) is 15.7. The van der Waals surface area contributed by atoms with Crippen molar-refractivity contribution in [3.8, 4) is 56.2 Å². The van der Waals surface area contributed by atoms with Gasteiger partial charge in [0.25, 0.3) is 0 Å². The van der Waals surface area contributed by atoms with Crippen molar-refractivity contribution in [1.29, 1.82) is 0 Å². The van der Waals surface area contributed by atoms with Crippen LogP contribution in [-0.4, -0.2) is 9.97 Å². The summed E-state index contributed by atoms with van der Waals surface area (Å²) in [6.45, 7) is 4.70. The van der Waals surface area contributed by atoms with Gasteiger partial charge in [0.15, 0.2) is 5.82 Å². The van der Waals surface area contributed by atoms with Crippen molar-refractivity contribution >= 4 is 54.6 Å². The molecule has 0 aliphatic heterocycles. The SMILES string of the molecule is CC1(C)c2cc3ccccc3cc2-c2c(-c3cccc(-c4cc(-c5cccc6oc7cc8c(cc7c56)oc5ccccc58)nc(-c5ccccc5)n4)c3)cccc21. The van der Waals surface area contributed by atoms with Crippen LogP contribution >= 0.6 is 0 Å². The highest BCUT2D eigenvalue weighted by Crippen LogP contribution is 2.53. The molecule has 57 heavy (non-hydrogen) atoms. The lowest BCUT2D eigenvalue weighted by atomic mass is 9.81. The average Bonchev–Trinajstić information content (AvgIpc) is 3.88. The molecule has 0 bridgehead atoms. The Morgan fingerprint density at radius 2 is 1.05 bits per heavy atom. The lowest BCUT2D eigenvalue weighted by Gasteiger charge is -2.22. The fraction of sp³-hybridized carbons (Fsp3) is 0.0566. The van der Waals surface area contributed by atoms with Crippen LogP contribution < -0.4 is 0 Å². The Morgan fingerprint density at radius 3 is 1.95 bits per heavy atom. The molecule has 1 aliphatic carbocycles. The molecule has 268 valence electrons. The first-order valence-electron chi connectivity index (χ1n) is 19.5. The third-order valence-corrected chi connectivity index (χ3v) is 12.1. The zero-order chi connectivity index (χ0) is 37.8. The molecule has 11 aromatic rings. The van der Waals surface area contributed by atoms with Crippen LogP contribution in [0.15, 0.2) is 179 Å². The van der Waals surface area contributed by atoms with Gasteiger partial charge < -0.3 is 8.83 Å². The molecule has 8 aromatic carbocycles. The fourth-order valence-electron chi connectivity index (χ4n) is 9.27. The van der Waals surface area contributed by atoms with Gasteiger partial charge in [-0.2, -0.15) is 0 Å². The minimum atomic E-state index is -0.122. The second-order valence-corrected chi connectivity index (χ2v) is 15.7. The van der Waals surface area contributed by atoms with E-state index in [2.05, 4.69) is 135 Å². The third kappa shape index (κ3) is 4.80. The normalized spacial score (nSPS) is 13.2. The average molecular weight is 731 g/mol. The van der Waals surface area contributed by atoms with Crippen LogP contribution in [0, 0.1) is 0 Å². The van der Waals surface area contributed by atoms with Crippen LogP contribution in [0.2, 0.25) is 0 Å². The largest absolute Gasteiger partial charge is 0.456 e. The van der Waals surface area contributed by atoms with E-state index in [0.717, 1.165) is 77.5 Å². The molecule has 0 N–H and O–H groups in total. The number of aromatic nitrogens is 2. The van der Waals surface area contributed by atoms with E-state index in [-0.39, 0.29) is 5.41 Å². The molecule has 0 unspecified atom stereocenters. The fourth-order valence-corrected chi connectivity index (χ4v) is 9.27. The highest BCUT2D eigenvalue weighted by Gasteiger charge is 2.37. The molecule has 0 radical (unpaired) electrons. The highest BCUT2D eigenvalue weighted by molar-refractivity contribution is 6.18. The number of benzene rings is 8. The Kier molecular flexibility index (Phi) is 6.65. The van der Waals surface area contributed by atoms with Crippen molar-refractivity contribution in [2.75, 3.05) is 0 Å². The highest BCUT2D eigenvalue weighted by atomic mass is 16.3. The van der Waals surface area contributed by atoms with Crippen LogP contribution in [0.25, 0.3) is 111 Å². The van der Waals surface area contributed by atoms with E-state index in [9.17, 15) is 0 Å². The van der Waals surface area contributed by atoms with Gasteiger partial charge in [0, 0.05) is 43.7 Å². The van der Waals surface area contributed by atoms with Crippen LogP contribution in [0.3, 0.4) is 0 Å². The number of furan rings is 2. The molecule has 12 rings (SSSR count). The Labute approximate surface area is 328 Å². The number of hydrogen-bond acceptors (Lipinski definition) is 4. The zero-order valence-electron chi connectivity index (χ0n) is 31.4. The smallest absolute Gasteiger partial charge is 0.160 e. The first kappa shape index (κ1) is 32.0. The molecular weight excluding hydrogens is 697 g/mol. The van der Waals surface area contributed by atoms with Gasteiger partial charge in [0.05, 0.1) is 11.4 Å². The van der Waals surface area contributed by atoms with Crippen molar-refractivity contribution in [2.45, 2.75) is 19.3 Å². The minimum absolute atomic E-state index is 0.122. The van der Waals surface area contributed by atoms with Gasteiger partial charge in [-0.15, -0.1) is 0 Å². The number of hydrogen-bond donors (Lipinski definition) is 0. The van der Waals surface area contributed by atoms with Crippen molar-refractivity contribution in [3.05, 3.63) is 181 Å². The van der Waals surface area contributed by atoms with Crippen LogP contribution in [0.4, 0.5) is 0 Å². The summed E-state index contributed by atoms with van der Waals surface area (Å²) in [5.41, 5.74) is 15.5. The molecule has 0 atom stereocenters. The lowest BCUT2D eigenvalue weighted by molar-refractivity contribution is 0.661. The van der Waals surface area contributed by atoms with E-state index in [1.165, 1.54) is 38.6 Å². The molecule has 4 nitrogen and oxygen atoms in total. The summed E-state index contributed by atoms with van der Waals surface area (Å²) in [5.74, 6) is 0.668. The van der Waals surface area contributed by atoms with Crippen molar-refractivity contribution in [1.82, 2.24) is 9.97 Å². The molecule has 0 fully saturated rings. The summed E-state index contributed by atoms with van der Waals surface area (Å²) in [6, 6.07) is 60.0. The molecule has 3 heterocycles. The number of fused-ring (bicyclic) bond motifs is 10. The molecule has 1 aliphatic rings. The summed E-state index contributed by atoms with van der Waals surface area (Å²) in [4.78, 5) is 10.5. The van der Waals surface area contributed by atoms with Crippen LogP contribution in [0.5, 0.6) is 0 Å². The van der Waals surface area contributed by atoms with Gasteiger partial charge >= 0.3 is 0 Å². The summed E-state index contributed by atoms with van der Waals surface area (Å²) in [7, 11) is 0. The van der Waals surface area contributed by atoms with Gasteiger partial charge in [-0.3, -0.25) is 0 Å². The zero-order valence-corrected chi connectivity index (χ0v) is 31.4. The molecule has 0 amide bonds. The Morgan fingerprint density at radius 1 is 0.404 bits per heavy atom. The molecule has 0 saturated carbocycles. The summed E-state index contributed by atoms with van der Waals surface area (Å²) >= 11 is 0. The predicted molar refractivity (Wildman–Crippen MR) is 233 cm³/mol. The van der Waals surface area contributed by atoms with Gasteiger partial charge in [-0.1, -0.05) is 135 Å². The maximum absolute atomic E-state index is 6.55. The summed E-state index contributed by atoms with van der Waals surface area (Å²) in [6.07, 6.45) is 0. The van der Waals surface area contributed by atoms with E-state index >= 15 is 0 Å². The molecular formula is C53H34N2O2. The van der Waals surface area contributed by atoms with Crippen LogP contribution in [-0.2, 0) is 5.41 Å². The maximum Gasteiger partial charge on any atom is 0.160 e. The number of rotatable bonds is 4. The summed E-state index contributed by atoms with van der Waals surface area (Å²) < 4.78 is 12.9. The van der Waals surface area contributed by atoms with E-state index in [1.54, 1.807) is 0 Å². The molecule has 4 heteroatoms. The quantitative estimate of drug-likeness (QED) is 0.181. The van der Waals surface area contributed by atoms with Crippen molar-refractivity contribution in [2.24, 2.45) is 0 Å². The minimum Gasteiger partial charge on any atom is -0.456 e. The maximum atomic E-state index is 6.55. The van der Waals surface area contributed by atoms with Gasteiger partial charge in [0.1, 0.15) is 22.3 Å². The molecule has 3 aromatic heterocycles. The second kappa shape index (κ2) is 11.8. The Balaban J connectivity index is 1.05. The summed E-state index contributed by atoms with van der Waals surface area (Å²) in [5, 5.41) is 6.64. The third-order valence-electron chi connectivity index (χ3n) is 12.1. The van der Waals surface area contributed by atoms with Gasteiger partial charge in [0.2, 0.25) is 0 Å². The van der Waals surface area contributed by atoms with Crippen molar-refractivity contribution < 1.29 is 8.83 Å². The molecule has 0 saturated heterocycles. The van der Waals surface area contributed by atoms with E-state index in [1.807, 2.05) is 48.5 Å². The number of para-hydroxylation sites is 1. The number of nitrogens with zero attached hydrogens (tertiary/aromatic N) is 2. The lowest BCUT2D eigenvalue weighted by Crippen LogP contribution is -2.14. The monoisotopic (exact) mass is 730 g/mol. The van der Waals surface area contributed by atoms with Gasteiger partial charge in [-0.25, -0.2) is 9.97 Å². The Hall–Kier alpha value is -7.30. The van der Waals surface area contributed by atoms with Gasteiger partial charge in [-0.05, 0) is 92.7 Å². The van der Waals surface area contributed by atoms with E-state index in [0.29, 0.717) is 5.82 Å². The molecule has 0 spiro atoms. The predicted octanol–water partition coefficient (Wildman–Crippen LogP) is 14.4.